The van der Waals surface area contributed by atoms with Crippen LogP contribution in [0.2, 0.25) is 0 Å². The van der Waals surface area contributed by atoms with Gasteiger partial charge in [-0.25, -0.2) is 4.39 Å². The first-order valence-electron chi connectivity index (χ1n) is 7.71. The van der Waals surface area contributed by atoms with Gasteiger partial charge in [-0.15, -0.1) is 11.8 Å². The van der Waals surface area contributed by atoms with Crippen molar-refractivity contribution in [1.29, 1.82) is 0 Å². The summed E-state index contributed by atoms with van der Waals surface area (Å²) < 4.78 is 12.9. The zero-order valence-electron chi connectivity index (χ0n) is 13.0. The number of carbonyl (C=O) groups is 2. The van der Waals surface area contributed by atoms with Crippen LogP contribution in [0.4, 0.5) is 10.1 Å². The monoisotopic (exact) mass is 337 g/mol. The molecule has 23 heavy (non-hydrogen) atoms. The molecule has 2 aliphatic rings. The van der Waals surface area contributed by atoms with Gasteiger partial charge in [-0.3, -0.25) is 14.5 Å². The number of thioether (sulfide) groups is 1. The molecular weight excluding hydrogens is 317 g/mol. The summed E-state index contributed by atoms with van der Waals surface area (Å²) >= 11 is 1.59. The SMILES string of the molecule is CN1CCCC1C(=O)N1CSCC1C(=O)Nc1ccc(F)cc1. The van der Waals surface area contributed by atoms with Gasteiger partial charge in [0.1, 0.15) is 11.9 Å². The molecule has 2 amide bonds. The first-order chi connectivity index (χ1) is 11.1. The number of hydrogen-bond acceptors (Lipinski definition) is 4. The second-order valence-corrected chi connectivity index (χ2v) is 6.96. The number of amides is 2. The molecule has 0 bridgehead atoms. The summed E-state index contributed by atoms with van der Waals surface area (Å²) in [6, 6.07) is 5.06. The van der Waals surface area contributed by atoms with Gasteiger partial charge >= 0.3 is 0 Å². The summed E-state index contributed by atoms with van der Waals surface area (Å²) in [5, 5.41) is 2.77. The molecule has 2 heterocycles. The van der Waals surface area contributed by atoms with Gasteiger partial charge < -0.3 is 10.2 Å². The molecule has 124 valence electrons. The second kappa shape index (κ2) is 6.88. The van der Waals surface area contributed by atoms with Crippen LogP contribution >= 0.6 is 11.8 Å². The third kappa shape index (κ3) is 3.50. The van der Waals surface area contributed by atoms with Crippen molar-refractivity contribution in [3.8, 4) is 0 Å². The zero-order chi connectivity index (χ0) is 16.4. The molecule has 0 aliphatic carbocycles. The van der Waals surface area contributed by atoms with E-state index in [4.69, 9.17) is 0 Å². The van der Waals surface area contributed by atoms with Crippen molar-refractivity contribution in [2.75, 3.05) is 30.5 Å². The van der Waals surface area contributed by atoms with E-state index in [0.29, 0.717) is 17.3 Å². The Kier molecular flexibility index (Phi) is 4.87. The van der Waals surface area contributed by atoms with Gasteiger partial charge in [-0.2, -0.15) is 0 Å². The molecule has 2 saturated heterocycles. The van der Waals surface area contributed by atoms with E-state index >= 15 is 0 Å². The summed E-state index contributed by atoms with van der Waals surface area (Å²) in [6.07, 6.45) is 1.86. The lowest BCUT2D eigenvalue weighted by atomic mass is 10.1. The number of likely N-dealkylation sites (tertiary alicyclic amines) is 1. The molecule has 1 aromatic carbocycles. The quantitative estimate of drug-likeness (QED) is 0.913. The van der Waals surface area contributed by atoms with Gasteiger partial charge in [0.25, 0.3) is 0 Å². The molecule has 0 saturated carbocycles. The Balaban J connectivity index is 1.67. The van der Waals surface area contributed by atoms with E-state index in [1.54, 1.807) is 16.7 Å². The number of anilines is 1. The predicted octanol–water partition coefficient (Wildman–Crippen LogP) is 1.76. The minimum absolute atomic E-state index is 0.0363. The fraction of sp³-hybridized carbons (Fsp3) is 0.500. The van der Waals surface area contributed by atoms with Crippen molar-refractivity contribution in [2.24, 2.45) is 0 Å². The minimum Gasteiger partial charge on any atom is -0.324 e. The van der Waals surface area contributed by atoms with Gasteiger partial charge in [0.2, 0.25) is 11.8 Å². The number of rotatable bonds is 3. The van der Waals surface area contributed by atoms with Gasteiger partial charge in [0.15, 0.2) is 0 Å². The van der Waals surface area contributed by atoms with E-state index in [9.17, 15) is 14.0 Å². The first kappa shape index (κ1) is 16.3. The summed E-state index contributed by atoms with van der Waals surface area (Å²) in [7, 11) is 1.95. The largest absolute Gasteiger partial charge is 0.324 e. The van der Waals surface area contributed by atoms with E-state index in [2.05, 4.69) is 10.2 Å². The number of nitrogens with zero attached hydrogens (tertiary/aromatic N) is 2. The molecule has 0 spiro atoms. The summed E-state index contributed by atoms with van der Waals surface area (Å²) in [5.74, 6) is 0.616. The fourth-order valence-electron chi connectivity index (χ4n) is 3.05. The normalized spacial score (nSPS) is 24.9. The van der Waals surface area contributed by atoms with Gasteiger partial charge in [0, 0.05) is 11.4 Å². The van der Waals surface area contributed by atoms with E-state index < -0.39 is 6.04 Å². The highest BCUT2D eigenvalue weighted by Gasteiger charge is 2.39. The van der Waals surface area contributed by atoms with Crippen molar-refractivity contribution in [2.45, 2.75) is 24.9 Å². The first-order valence-corrected chi connectivity index (χ1v) is 8.86. The number of benzene rings is 1. The Morgan fingerprint density at radius 2 is 2.00 bits per heavy atom. The number of hydrogen-bond donors (Lipinski definition) is 1. The molecule has 2 aliphatic heterocycles. The molecule has 3 rings (SSSR count). The van der Waals surface area contributed by atoms with Crippen LogP contribution in [0.15, 0.2) is 24.3 Å². The maximum atomic E-state index is 12.9. The van der Waals surface area contributed by atoms with E-state index in [1.165, 1.54) is 24.3 Å². The molecule has 1 N–H and O–H groups in total. The smallest absolute Gasteiger partial charge is 0.248 e. The number of nitrogens with one attached hydrogen (secondary N) is 1. The number of carbonyl (C=O) groups excluding carboxylic acids is 2. The Hall–Kier alpha value is -1.60. The molecule has 7 heteroatoms. The van der Waals surface area contributed by atoms with Crippen LogP contribution in [0.1, 0.15) is 12.8 Å². The zero-order valence-corrected chi connectivity index (χ0v) is 13.8. The van der Waals surface area contributed by atoms with Crippen LogP contribution < -0.4 is 5.32 Å². The maximum Gasteiger partial charge on any atom is 0.248 e. The van der Waals surface area contributed by atoms with E-state index in [-0.39, 0.29) is 23.7 Å². The van der Waals surface area contributed by atoms with Crippen LogP contribution in [0.3, 0.4) is 0 Å². The highest BCUT2D eigenvalue weighted by atomic mass is 32.2. The van der Waals surface area contributed by atoms with Crippen LogP contribution in [0.5, 0.6) is 0 Å². The van der Waals surface area contributed by atoms with E-state index in [1.807, 2.05) is 7.05 Å². The molecule has 2 fully saturated rings. The Morgan fingerprint density at radius 3 is 2.65 bits per heavy atom. The number of likely N-dealkylation sites (N-methyl/N-ethyl adjacent to an activating group) is 1. The molecule has 0 radical (unpaired) electrons. The minimum atomic E-state index is -0.466. The molecule has 5 nitrogen and oxygen atoms in total. The van der Waals surface area contributed by atoms with Crippen LogP contribution in [-0.4, -0.2) is 58.9 Å². The van der Waals surface area contributed by atoms with Gasteiger partial charge in [-0.05, 0) is 50.7 Å². The molecule has 2 unspecified atom stereocenters. The fourth-order valence-corrected chi connectivity index (χ4v) is 4.21. The van der Waals surface area contributed by atoms with Crippen molar-refractivity contribution in [1.82, 2.24) is 9.80 Å². The predicted molar refractivity (Wildman–Crippen MR) is 88.6 cm³/mol. The maximum absolute atomic E-state index is 12.9. The van der Waals surface area contributed by atoms with Crippen molar-refractivity contribution in [3.05, 3.63) is 30.1 Å². The highest BCUT2D eigenvalue weighted by Crippen LogP contribution is 2.26. The summed E-state index contributed by atoms with van der Waals surface area (Å²) in [4.78, 5) is 28.9. The molecular formula is C16H20FN3O2S. The van der Waals surface area contributed by atoms with Crippen LogP contribution in [0, 0.1) is 5.82 Å². The van der Waals surface area contributed by atoms with Crippen molar-refractivity contribution in [3.63, 3.8) is 0 Å². The Bertz CT molecular complexity index is 595. The summed E-state index contributed by atoms with van der Waals surface area (Å²) in [5.41, 5.74) is 0.540. The number of halogens is 1. The van der Waals surface area contributed by atoms with E-state index in [0.717, 1.165) is 19.4 Å². The molecule has 2 atom stereocenters. The third-order valence-electron chi connectivity index (χ3n) is 4.39. The topological polar surface area (TPSA) is 52.7 Å². The van der Waals surface area contributed by atoms with Crippen molar-refractivity contribution < 1.29 is 14.0 Å². The van der Waals surface area contributed by atoms with Crippen molar-refractivity contribution >= 4 is 29.3 Å². The lowest BCUT2D eigenvalue weighted by Gasteiger charge is -2.28. The van der Waals surface area contributed by atoms with Gasteiger partial charge in [-0.1, -0.05) is 0 Å². The van der Waals surface area contributed by atoms with Crippen LogP contribution in [0.25, 0.3) is 0 Å². The van der Waals surface area contributed by atoms with Gasteiger partial charge in [0.05, 0.1) is 11.9 Å². The highest BCUT2D eigenvalue weighted by molar-refractivity contribution is 7.99. The lowest BCUT2D eigenvalue weighted by molar-refractivity contribution is -0.139. The average molecular weight is 337 g/mol. The third-order valence-corrected chi connectivity index (χ3v) is 5.40. The Morgan fingerprint density at radius 1 is 1.26 bits per heavy atom. The molecule has 0 aromatic heterocycles. The molecule has 1 aromatic rings. The van der Waals surface area contributed by atoms with Crippen LogP contribution in [-0.2, 0) is 9.59 Å². The summed E-state index contributed by atoms with van der Waals surface area (Å²) in [6.45, 7) is 0.920. The standard InChI is InChI=1S/C16H20FN3O2S/c1-19-8-2-3-13(19)16(22)20-10-23-9-14(20)15(21)18-12-6-4-11(17)5-7-12/h4-7,13-14H,2-3,8-10H2,1H3,(H,18,21). The Labute approximate surface area is 139 Å². The average Bonchev–Trinajstić information content (AvgIpc) is 3.17. The second-order valence-electron chi connectivity index (χ2n) is 5.96. The lowest BCUT2D eigenvalue weighted by Crippen LogP contribution is -2.50.